The van der Waals surface area contributed by atoms with Crippen LogP contribution in [0.1, 0.15) is 6.92 Å². The van der Waals surface area contributed by atoms with E-state index in [1.165, 1.54) is 19.6 Å². The molecule has 1 heterocycles. The molecule has 1 atom stereocenters. The van der Waals surface area contributed by atoms with Crippen molar-refractivity contribution in [3.05, 3.63) is 0 Å². The largest absolute Gasteiger partial charge is 0.315 e. The summed E-state index contributed by atoms with van der Waals surface area (Å²) in [5.41, 5.74) is 0. The molecule has 1 rings (SSSR count). The van der Waals surface area contributed by atoms with Gasteiger partial charge >= 0.3 is 0 Å². The zero-order chi connectivity index (χ0) is 6.69. The van der Waals surface area contributed by atoms with Gasteiger partial charge in [-0.1, -0.05) is 6.92 Å². The van der Waals surface area contributed by atoms with Crippen molar-refractivity contribution >= 4 is 0 Å². The molecule has 0 aromatic rings. The minimum absolute atomic E-state index is 0.817. The summed E-state index contributed by atoms with van der Waals surface area (Å²) in [7, 11) is 2.18. The topological polar surface area (TPSA) is 15.3 Å². The number of nitrogens with one attached hydrogen (secondary N) is 1. The van der Waals surface area contributed by atoms with E-state index in [-0.39, 0.29) is 0 Å². The lowest BCUT2D eigenvalue weighted by Crippen LogP contribution is -2.24. The van der Waals surface area contributed by atoms with Crippen molar-refractivity contribution in [2.75, 3.05) is 33.2 Å². The minimum atomic E-state index is 0.817. The van der Waals surface area contributed by atoms with Crippen LogP contribution in [0.25, 0.3) is 0 Å². The van der Waals surface area contributed by atoms with Crippen LogP contribution in [0, 0.1) is 5.92 Å². The van der Waals surface area contributed by atoms with Gasteiger partial charge in [0.2, 0.25) is 0 Å². The summed E-state index contributed by atoms with van der Waals surface area (Å²) in [5.74, 6) is 0.817. The number of likely N-dealkylation sites (N-methyl/N-ethyl adjacent to an activating group) is 1. The molecule has 1 aliphatic rings. The van der Waals surface area contributed by atoms with E-state index in [0.29, 0.717) is 0 Å². The van der Waals surface area contributed by atoms with Crippen molar-refractivity contribution in [2.24, 2.45) is 5.92 Å². The Morgan fingerprint density at radius 2 is 2.33 bits per heavy atom. The molecule has 0 aliphatic carbocycles. The standard InChI is InChI=1S/C7H16N2/c1-7-5-8-3-4-9(2)6-7/h7-8H,3-6H2,1-2H3. The lowest BCUT2D eigenvalue weighted by Gasteiger charge is -2.14. The van der Waals surface area contributed by atoms with Gasteiger partial charge in [0.25, 0.3) is 0 Å². The van der Waals surface area contributed by atoms with Crippen molar-refractivity contribution < 1.29 is 0 Å². The summed E-state index contributed by atoms with van der Waals surface area (Å²) in [6.45, 7) is 7.07. The molecule has 0 saturated carbocycles. The SMILES string of the molecule is CC1CNCCN(C)C1. The summed E-state index contributed by atoms with van der Waals surface area (Å²) in [4.78, 5) is 2.38. The van der Waals surface area contributed by atoms with Gasteiger partial charge in [0.05, 0.1) is 0 Å². The van der Waals surface area contributed by atoms with Crippen LogP contribution in [0.4, 0.5) is 0 Å². The molecule has 2 nitrogen and oxygen atoms in total. The first kappa shape index (κ1) is 7.03. The van der Waals surface area contributed by atoms with E-state index in [1.54, 1.807) is 0 Å². The molecule has 0 aromatic carbocycles. The van der Waals surface area contributed by atoms with Crippen LogP contribution in [-0.4, -0.2) is 38.1 Å². The van der Waals surface area contributed by atoms with Crippen molar-refractivity contribution in [3.63, 3.8) is 0 Å². The van der Waals surface area contributed by atoms with Crippen LogP contribution in [-0.2, 0) is 0 Å². The van der Waals surface area contributed by atoms with E-state index < -0.39 is 0 Å². The molecule has 0 radical (unpaired) electrons. The highest BCUT2D eigenvalue weighted by atomic mass is 15.1. The van der Waals surface area contributed by atoms with E-state index >= 15 is 0 Å². The molecule has 1 fully saturated rings. The summed E-state index contributed by atoms with van der Waals surface area (Å²) >= 11 is 0. The van der Waals surface area contributed by atoms with E-state index in [4.69, 9.17) is 0 Å². The van der Waals surface area contributed by atoms with Crippen molar-refractivity contribution in [1.82, 2.24) is 10.2 Å². The highest BCUT2D eigenvalue weighted by Gasteiger charge is 2.08. The number of hydrogen-bond acceptors (Lipinski definition) is 2. The van der Waals surface area contributed by atoms with Crippen molar-refractivity contribution in [3.8, 4) is 0 Å². The summed E-state index contributed by atoms with van der Waals surface area (Å²) in [6, 6.07) is 0. The Kier molecular flexibility index (Phi) is 2.49. The van der Waals surface area contributed by atoms with Crippen LogP contribution in [0.5, 0.6) is 0 Å². The smallest absolute Gasteiger partial charge is 0.0104 e. The molecule has 1 unspecified atom stereocenters. The quantitative estimate of drug-likeness (QED) is 0.500. The van der Waals surface area contributed by atoms with Gasteiger partial charge in [-0.15, -0.1) is 0 Å². The van der Waals surface area contributed by atoms with Gasteiger partial charge in [-0.05, 0) is 19.5 Å². The van der Waals surface area contributed by atoms with Gasteiger partial charge in [0, 0.05) is 19.6 Å². The van der Waals surface area contributed by atoms with Gasteiger partial charge in [0.1, 0.15) is 0 Å². The van der Waals surface area contributed by atoms with E-state index in [9.17, 15) is 0 Å². The molecule has 1 saturated heterocycles. The zero-order valence-electron chi connectivity index (χ0n) is 6.35. The Morgan fingerprint density at radius 3 is 3.11 bits per heavy atom. The third-order valence-electron chi connectivity index (χ3n) is 1.79. The Hall–Kier alpha value is -0.0800. The number of rotatable bonds is 0. The van der Waals surface area contributed by atoms with Crippen molar-refractivity contribution in [1.29, 1.82) is 0 Å². The fourth-order valence-corrected chi connectivity index (χ4v) is 1.31. The molecule has 54 valence electrons. The fourth-order valence-electron chi connectivity index (χ4n) is 1.31. The van der Waals surface area contributed by atoms with Crippen LogP contribution >= 0.6 is 0 Å². The molecule has 1 aliphatic heterocycles. The van der Waals surface area contributed by atoms with Crippen molar-refractivity contribution in [2.45, 2.75) is 6.92 Å². The third kappa shape index (κ3) is 2.33. The van der Waals surface area contributed by atoms with Crippen LogP contribution in [0.15, 0.2) is 0 Å². The summed E-state index contributed by atoms with van der Waals surface area (Å²) in [6.07, 6.45) is 0. The zero-order valence-corrected chi connectivity index (χ0v) is 6.35. The van der Waals surface area contributed by atoms with Gasteiger partial charge in [-0.3, -0.25) is 0 Å². The minimum Gasteiger partial charge on any atom is -0.315 e. The molecule has 2 heteroatoms. The maximum absolute atomic E-state index is 3.39. The second-order valence-electron chi connectivity index (χ2n) is 3.07. The second kappa shape index (κ2) is 3.18. The average molecular weight is 128 g/mol. The third-order valence-corrected chi connectivity index (χ3v) is 1.79. The van der Waals surface area contributed by atoms with E-state index in [2.05, 4.69) is 24.2 Å². The Bertz CT molecular complexity index is 73.0. The van der Waals surface area contributed by atoms with E-state index in [1.807, 2.05) is 0 Å². The predicted octanol–water partition coefficient (Wildman–Crippen LogP) is 0.157. The first-order chi connectivity index (χ1) is 4.29. The highest BCUT2D eigenvalue weighted by Crippen LogP contribution is 1.98. The van der Waals surface area contributed by atoms with Gasteiger partial charge in [-0.2, -0.15) is 0 Å². The van der Waals surface area contributed by atoms with Gasteiger partial charge in [0.15, 0.2) is 0 Å². The summed E-state index contributed by atoms with van der Waals surface area (Å²) < 4.78 is 0. The second-order valence-corrected chi connectivity index (χ2v) is 3.07. The maximum atomic E-state index is 3.39. The summed E-state index contributed by atoms with van der Waals surface area (Å²) in [5, 5.41) is 3.39. The molecule has 9 heavy (non-hydrogen) atoms. The fraction of sp³-hybridized carbons (Fsp3) is 1.00. The average Bonchev–Trinajstić information content (AvgIpc) is 1.93. The van der Waals surface area contributed by atoms with Crippen LogP contribution < -0.4 is 5.32 Å². The normalized spacial score (nSPS) is 32.0. The molecule has 0 amide bonds. The van der Waals surface area contributed by atoms with Gasteiger partial charge in [-0.25, -0.2) is 0 Å². The lowest BCUT2D eigenvalue weighted by atomic mass is 10.2. The highest BCUT2D eigenvalue weighted by molar-refractivity contribution is 4.67. The first-order valence-corrected chi connectivity index (χ1v) is 3.68. The lowest BCUT2D eigenvalue weighted by molar-refractivity contribution is 0.321. The first-order valence-electron chi connectivity index (χ1n) is 3.68. The number of nitrogens with zero attached hydrogens (tertiary/aromatic N) is 1. The Labute approximate surface area is 57.2 Å². The Balaban J connectivity index is 2.29. The van der Waals surface area contributed by atoms with E-state index in [0.717, 1.165) is 12.5 Å². The maximum Gasteiger partial charge on any atom is 0.0104 e. The molecule has 0 bridgehead atoms. The number of hydrogen-bond donors (Lipinski definition) is 1. The molecule has 0 aromatic heterocycles. The van der Waals surface area contributed by atoms with Crippen LogP contribution in [0.2, 0.25) is 0 Å². The molecular weight excluding hydrogens is 112 g/mol. The van der Waals surface area contributed by atoms with Crippen LogP contribution in [0.3, 0.4) is 0 Å². The molecule has 1 N–H and O–H groups in total. The monoisotopic (exact) mass is 128 g/mol. The molecule has 0 spiro atoms. The van der Waals surface area contributed by atoms with Gasteiger partial charge < -0.3 is 10.2 Å². The predicted molar refractivity (Wildman–Crippen MR) is 39.5 cm³/mol. The molecular formula is C7H16N2. The Morgan fingerprint density at radius 1 is 1.56 bits per heavy atom.